The van der Waals surface area contributed by atoms with Gasteiger partial charge in [0.2, 0.25) is 10.0 Å². The maximum atomic E-state index is 11.8. The Labute approximate surface area is 138 Å². The van der Waals surface area contributed by atoms with Crippen molar-refractivity contribution in [3.05, 3.63) is 23.8 Å². The minimum atomic E-state index is -3.68. The number of anilines is 1. The number of nitrogens with one attached hydrogen (secondary N) is 1. The molecule has 1 fully saturated rings. The van der Waals surface area contributed by atoms with Crippen molar-refractivity contribution in [2.45, 2.75) is 45.8 Å². The van der Waals surface area contributed by atoms with Gasteiger partial charge in [-0.05, 0) is 57.8 Å². The van der Waals surface area contributed by atoms with Crippen LogP contribution in [0.1, 0.15) is 33.3 Å². The number of hydrogen-bond donors (Lipinski definition) is 1. The molecule has 0 saturated carbocycles. The van der Waals surface area contributed by atoms with Crippen molar-refractivity contribution in [1.82, 2.24) is 0 Å². The lowest BCUT2D eigenvalue weighted by molar-refractivity contribution is 0.00578. The Morgan fingerprint density at radius 1 is 1.17 bits per heavy atom. The fraction of sp³-hybridized carbons (Fsp3) is 0.533. The van der Waals surface area contributed by atoms with Crippen molar-refractivity contribution >= 4 is 28.3 Å². The van der Waals surface area contributed by atoms with E-state index in [0.29, 0.717) is 5.69 Å². The van der Waals surface area contributed by atoms with Crippen molar-refractivity contribution in [3.63, 3.8) is 0 Å². The third kappa shape index (κ3) is 3.86. The highest BCUT2D eigenvalue weighted by Crippen LogP contribution is 2.36. The summed E-state index contributed by atoms with van der Waals surface area (Å²) in [6, 6.07) is 6.90. The second kappa shape index (κ2) is 5.82. The summed E-state index contributed by atoms with van der Waals surface area (Å²) in [4.78, 5) is 0. The number of benzene rings is 1. The molecule has 1 aromatic carbocycles. The lowest BCUT2D eigenvalue weighted by Crippen LogP contribution is -2.41. The highest BCUT2D eigenvalue weighted by atomic mass is 32.2. The summed E-state index contributed by atoms with van der Waals surface area (Å²) >= 11 is 0. The van der Waals surface area contributed by atoms with Gasteiger partial charge in [0.05, 0.1) is 17.3 Å². The highest BCUT2D eigenvalue weighted by molar-refractivity contribution is 7.92. The molecule has 1 aliphatic heterocycles. The third-order valence-electron chi connectivity index (χ3n) is 4.15. The minimum absolute atomic E-state index is 0.393. The predicted octanol–water partition coefficient (Wildman–Crippen LogP) is 1.56. The van der Waals surface area contributed by atoms with Crippen LogP contribution >= 0.6 is 0 Å². The first-order chi connectivity index (χ1) is 10.5. The van der Waals surface area contributed by atoms with E-state index >= 15 is 0 Å². The number of nitriles is 1. The lowest BCUT2D eigenvalue weighted by atomic mass is 9.78. The normalized spacial score (nSPS) is 19.4. The molecule has 6 nitrogen and oxygen atoms in total. The van der Waals surface area contributed by atoms with E-state index in [1.165, 1.54) is 0 Å². The Kier molecular flexibility index (Phi) is 4.50. The monoisotopic (exact) mass is 336 g/mol. The Morgan fingerprint density at radius 3 is 2.26 bits per heavy atom. The van der Waals surface area contributed by atoms with Gasteiger partial charge in [0.25, 0.3) is 0 Å². The predicted molar refractivity (Wildman–Crippen MR) is 89.9 cm³/mol. The minimum Gasteiger partial charge on any atom is -0.399 e. The second-order valence-electron chi connectivity index (χ2n) is 6.74. The molecule has 0 aliphatic carbocycles. The molecule has 1 N–H and O–H groups in total. The van der Waals surface area contributed by atoms with Crippen LogP contribution in [0.15, 0.2) is 18.2 Å². The zero-order valence-corrected chi connectivity index (χ0v) is 14.8. The molecular weight excluding hydrogens is 315 g/mol. The van der Waals surface area contributed by atoms with Crippen molar-refractivity contribution in [2.75, 3.05) is 10.5 Å². The summed E-state index contributed by atoms with van der Waals surface area (Å²) < 4.78 is 37.9. The maximum absolute atomic E-state index is 11.8. The Bertz CT molecular complexity index is 737. The summed E-state index contributed by atoms with van der Waals surface area (Å²) in [6.45, 7) is 9.69. The van der Waals surface area contributed by atoms with E-state index in [0.717, 1.165) is 11.0 Å². The number of nitrogens with zero attached hydrogens (tertiary/aromatic N) is 1. The largest absolute Gasteiger partial charge is 0.494 e. The van der Waals surface area contributed by atoms with Gasteiger partial charge in [0.15, 0.2) is 5.75 Å². The molecule has 124 valence electrons. The topological polar surface area (TPSA) is 88.4 Å². The zero-order chi connectivity index (χ0) is 17.5. The van der Waals surface area contributed by atoms with Gasteiger partial charge < -0.3 is 9.31 Å². The lowest BCUT2D eigenvalue weighted by Gasteiger charge is -2.32. The van der Waals surface area contributed by atoms with Crippen LogP contribution in [0, 0.1) is 18.3 Å². The molecular formula is C15H21BN2O4S. The maximum Gasteiger partial charge on any atom is 0.494 e. The molecule has 0 radical (unpaired) electrons. The van der Waals surface area contributed by atoms with Crippen LogP contribution in [0.2, 0.25) is 0 Å². The molecule has 23 heavy (non-hydrogen) atoms. The van der Waals surface area contributed by atoms with Crippen molar-refractivity contribution in [1.29, 1.82) is 5.26 Å². The van der Waals surface area contributed by atoms with E-state index in [1.807, 2.05) is 40.7 Å². The Morgan fingerprint density at radius 2 is 1.74 bits per heavy atom. The average molecular weight is 336 g/mol. The summed E-state index contributed by atoms with van der Waals surface area (Å²) in [5, 5.41) is 8.57. The number of rotatable bonds is 4. The number of hydrogen-bond acceptors (Lipinski definition) is 5. The molecule has 1 aromatic rings. The van der Waals surface area contributed by atoms with Gasteiger partial charge in [-0.1, -0.05) is 6.07 Å². The van der Waals surface area contributed by atoms with Crippen LogP contribution in [0.25, 0.3) is 0 Å². The summed E-state index contributed by atoms with van der Waals surface area (Å²) in [6.07, 6.45) is 0. The SMILES string of the molecule is Cc1cc(NS(=O)(=O)CC#N)cc(B2OC(C)(C)C(C)(C)O2)c1. The van der Waals surface area contributed by atoms with Gasteiger partial charge in [-0.25, -0.2) is 8.42 Å². The van der Waals surface area contributed by atoms with Crippen molar-refractivity contribution < 1.29 is 17.7 Å². The van der Waals surface area contributed by atoms with Gasteiger partial charge in [-0.15, -0.1) is 0 Å². The Balaban J connectivity index is 2.31. The molecule has 2 rings (SSSR count). The zero-order valence-electron chi connectivity index (χ0n) is 14.0. The van der Waals surface area contributed by atoms with Crippen LogP contribution in [0.3, 0.4) is 0 Å². The van der Waals surface area contributed by atoms with Crippen LogP contribution in [0.5, 0.6) is 0 Å². The van der Waals surface area contributed by atoms with Crippen LogP contribution in [-0.2, 0) is 19.3 Å². The molecule has 1 aliphatic rings. The van der Waals surface area contributed by atoms with E-state index in [9.17, 15) is 8.42 Å². The smallest absolute Gasteiger partial charge is 0.399 e. The fourth-order valence-electron chi connectivity index (χ4n) is 2.29. The van der Waals surface area contributed by atoms with Crippen molar-refractivity contribution in [2.24, 2.45) is 0 Å². The first-order valence-electron chi connectivity index (χ1n) is 7.30. The molecule has 0 bridgehead atoms. The Hall–Kier alpha value is -1.56. The van der Waals surface area contributed by atoms with E-state index in [2.05, 4.69) is 4.72 Å². The summed E-state index contributed by atoms with van der Waals surface area (Å²) in [5.41, 5.74) is 1.05. The van der Waals surface area contributed by atoms with E-state index in [4.69, 9.17) is 14.6 Å². The quantitative estimate of drug-likeness (QED) is 0.843. The number of sulfonamides is 1. The van der Waals surface area contributed by atoms with Gasteiger partial charge >= 0.3 is 7.12 Å². The molecule has 0 spiro atoms. The molecule has 0 amide bonds. The number of aryl methyl sites for hydroxylation is 1. The third-order valence-corrected chi connectivity index (χ3v) is 5.21. The first kappa shape index (κ1) is 17.8. The van der Waals surface area contributed by atoms with E-state index in [-0.39, 0.29) is 0 Å². The van der Waals surface area contributed by atoms with Crippen LogP contribution < -0.4 is 10.2 Å². The standard InChI is InChI=1S/C15H21BN2O4S/c1-11-8-12(16-21-14(2,3)15(4,5)22-16)10-13(9-11)18-23(19,20)7-6-17/h8-10,18H,7H2,1-5H3. The van der Waals surface area contributed by atoms with Crippen LogP contribution in [-0.4, -0.2) is 32.5 Å². The van der Waals surface area contributed by atoms with E-state index < -0.39 is 34.1 Å². The van der Waals surface area contributed by atoms with Gasteiger partial charge in [0, 0.05) is 5.69 Å². The summed E-state index contributed by atoms with van der Waals surface area (Å²) in [5.74, 6) is -0.591. The fourth-order valence-corrected chi connectivity index (χ4v) is 3.01. The molecule has 0 atom stereocenters. The molecule has 8 heteroatoms. The first-order valence-corrected chi connectivity index (χ1v) is 8.96. The van der Waals surface area contributed by atoms with Crippen molar-refractivity contribution in [3.8, 4) is 6.07 Å². The van der Waals surface area contributed by atoms with E-state index in [1.54, 1.807) is 18.2 Å². The average Bonchev–Trinajstić information content (AvgIpc) is 2.56. The van der Waals surface area contributed by atoms with Gasteiger partial charge in [-0.3, -0.25) is 4.72 Å². The van der Waals surface area contributed by atoms with Crippen LogP contribution in [0.4, 0.5) is 5.69 Å². The second-order valence-corrected chi connectivity index (χ2v) is 8.46. The highest BCUT2D eigenvalue weighted by Gasteiger charge is 2.51. The molecule has 1 heterocycles. The van der Waals surface area contributed by atoms with Gasteiger partial charge in [0.1, 0.15) is 0 Å². The van der Waals surface area contributed by atoms with Gasteiger partial charge in [-0.2, -0.15) is 5.26 Å². The molecule has 0 aromatic heterocycles. The molecule has 1 saturated heterocycles. The summed E-state index contributed by atoms with van der Waals surface area (Å²) in [7, 11) is -4.25. The molecule has 0 unspecified atom stereocenters.